The van der Waals surface area contributed by atoms with E-state index in [1.807, 2.05) is 18.2 Å². The number of benzene rings is 1. The Balaban J connectivity index is 2.26. The van der Waals surface area contributed by atoms with Gasteiger partial charge in [0.1, 0.15) is 0 Å². The largest absolute Gasteiger partial charge is 0.314 e. The molecule has 1 N–H and O–H groups in total. The van der Waals surface area contributed by atoms with Crippen LogP contribution in [0.1, 0.15) is 38.7 Å². The van der Waals surface area contributed by atoms with Gasteiger partial charge in [0.2, 0.25) is 0 Å². The molecule has 0 amide bonds. The topological polar surface area (TPSA) is 46.2 Å². The van der Waals surface area contributed by atoms with Crippen molar-refractivity contribution in [3.8, 4) is 0 Å². The fourth-order valence-electron chi connectivity index (χ4n) is 2.83. The second-order valence-electron chi connectivity index (χ2n) is 5.66. The number of hydrogen-bond donors (Lipinski definition) is 1. The van der Waals surface area contributed by atoms with E-state index in [1.54, 1.807) is 6.07 Å². The summed E-state index contributed by atoms with van der Waals surface area (Å²) in [5.41, 5.74) is 1.01. The summed E-state index contributed by atoms with van der Waals surface area (Å²) < 4.78 is 24.4. The van der Waals surface area contributed by atoms with Gasteiger partial charge in [0.25, 0.3) is 0 Å². The molecule has 1 heterocycles. The molecule has 19 heavy (non-hydrogen) atoms. The second kappa shape index (κ2) is 5.63. The molecular formula is C15H23NO2S. The molecule has 2 atom stereocenters. The van der Waals surface area contributed by atoms with Crippen molar-refractivity contribution in [2.45, 2.75) is 44.0 Å². The zero-order valence-corrected chi connectivity index (χ0v) is 12.7. The first-order chi connectivity index (χ1) is 8.95. The van der Waals surface area contributed by atoms with Crippen LogP contribution in [0.4, 0.5) is 0 Å². The zero-order chi connectivity index (χ0) is 14.0. The average molecular weight is 281 g/mol. The molecule has 1 aromatic carbocycles. The molecule has 0 saturated heterocycles. The van der Waals surface area contributed by atoms with Gasteiger partial charge < -0.3 is 5.32 Å². The van der Waals surface area contributed by atoms with Crippen molar-refractivity contribution < 1.29 is 8.42 Å². The van der Waals surface area contributed by atoms with Crippen LogP contribution in [0.15, 0.2) is 29.2 Å². The predicted molar refractivity (Wildman–Crippen MR) is 78.2 cm³/mol. The van der Waals surface area contributed by atoms with Gasteiger partial charge in [-0.05, 0) is 24.1 Å². The molecule has 2 unspecified atom stereocenters. The molecule has 0 aliphatic carbocycles. The van der Waals surface area contributed by atoms with Crippen molar-refractivity contribution in [2.24, 2.45) is 5.92 Å². The van der Waals surface area contributed by atoms with Gasteiger partial charge in [-0.25, -0.2) is 8.42 Å². The van der Waals surface area contributed by atoms with Crippen LogP contribution in [0.25, 0.3) is 0 Å². The summed E-state index contributed by atoms with van der Waals surface area (Å²) in [5, 5.41) is 3.44. The monoisotopic (exact) mass is 281 g/mol. The van der Waals surface area contributed by atoms with Gasteiger partial charge in [-0.2, -0.15) is 0 Å². The van der Waals surface area contributed by atoms with Gasteiger partial charge in [-0.15, -0.1) is 0 Å². The number of rotatable bonds is 5. The van der Waals surface area contributed by atoms with Gasteiger partial charge in [0.05, 0.1) is 10.6 Å². The third-order valence-electron chi connectivity index (χ3n) is 3.93. The molecule has 0 aromatic heterocycles. The number of nitrogens with one attached hydrogen (secondary N) is 1. The smallest absolute Gasteiger partial charge is 0.179 e. The van der Waals surface area contributed by atoms with Crippen LogP contribution in [0, 0.1) is 5.92 Å². The fraction of sp³-hybridized carbons (Fsp3) is 0.600. The van der Waals surface area contributed by atoms with Crippen LogP contribution in [0.3, 0.4) is 0 Å². The average Bonchev–Trinajstić information content (AvgIpc) is 2.63. The molecule has 1 aliphatic heterocycles. The maximum Gasteiger partial charge on any atom is 0.179 e. The van der Waals surface area contributed by atoms with E-state index in [-0.39, 0.29) is 11.7 Å². The normalized spacial score (nSPS) is 22.4. The van der Waals surface area contributed by atoms with Crippen LogP contribution in [-0.4, -0.2) is 26.8 Å². The summed E-state index contributed by atoms with van der Waals surface area (Å²) in [4.78, 5) is 0.544. The molecule has 0 saturated carbocycles. The Hall–Kier alpha value is -0.870. The highest BCUT2D eigenvalue weighted by atomic mass is 32.2. The minimum absolute atomic E-state index is 0.137. The minimum Gasteiger partial charge on any atom is -0.314 e. The van der Waals surface area contributed by atoms with E-state index in [0.717, 1.165) is 18.5 Å². The van der Waals surface area contributed by atoms with Crippen molar-refractivity contribution in [1.82, 2.24) is 5.32 Å². The van der Waals surface area contributed by atoms with Crippen molar-refractivity contribution in [1.29, 1.82) is 0 Å². The minimum atomic E-state index is -3.08. The van der Waals surface area contributed by atoms with Gasteiger partial charge in [-0.3, -0.25) is 0 Å². The molecule has 1 aromatic rings. The van der Waals surface area contributed by atoms with Crippen molar-refractivity contribution in [3.63, 3.8) is 0 Å². The SMILES string of the molecule is CCC(CNC(C)C)C1CS(=O)(=O)c2ccccc21. The van der Waals surface area contributed by atoms with Crippen LogP contribution >= 0.6 is 0 Å². The van der Waals surface area contributed by atoms with Gasteiger partial charge in [0.15, 0.2) is 9.84 Å². The quantitative estimate of drug-likeness (QED) is 0.902. The lowest BCUT2D eigenvalue weighted by molar-refractivity contribution is 0.389. The highest BCUT2D eigenvalue weighted by molar-refractivity contribution is 7.91. The Bertz CT molecular complexity index is 537. The first-order valence-electron chi connectivity index (χ1n) is 7.00. The number of sulfone groups is 1. The van der Waals surface area contributed by atoms with Crippen molar-refractivity contribution >= 4 is 9.84 Å². The molecule has 4 heteroatoms. The predicted octanol–water partition coefficient (Wildman–Crippen LogP) is 2.58. The molecule has 106 valence electrons. The summed E-state index contributed by atoms with van der Waals surface area (Å²) in [5.74, 6) is 0.781. The lowest BCUT2D eigenvalue weighted by atomic mass is 9.85. The number of hydrogen-bond acceptors (Lipinski definition) is 3. The lowest BCUT2D eigenvalue weighted by Gasteiger charge is -2.23. The van der Waals surface area contributed by atoms with Gasteiger partial charge in [0, 0.05) is 12.0 Å². The second-order valence-corrected chi connectivity index (χ2v) is 7.66. The Morgan fingerprint density at radius 3 is 2.63 bits per heavy atom. The Labute approximate surface area is 116 Å². The van der Waals surface area contributed by atoms with Crippen molar-refractivity contribution in [2.75, 3.05) is 12.3 Å². The lowest BCUT2D eigenvalue weighted by Crippen LogP contribution is -2.32. The van der Waals surface area contributed by atoms with Gasteiger partial charge >= 0.3 is 0 Å². The molecular weight excluding hydrogens is 258 g/mol. The maximum absolute atomic E-state index is 12.2. The Kier molecular flexibility index (Phi) is 4.31. The van der Waals surface area contributed by atoms with E-state index in [0.29, 0.717) is 16.9 Å². The van der Waals surface area contributed by atoms with Crippen LogP contribution in [-0.2, 0) is 9.84 Å². The Morgan fingerprint density at radius 1 is 1.32 bits per heavy atom. The molecule has 3 nitrogen and oxygen atoms in total. The first kappa shape index (κ1) is 14.5. The number of fused-ring (bicyclic) bond motifs is 1. The van der Waals surface area contributed by atoms with E-state index in [9.17, 15) is 8.42 Å². The molecule has 0 radical (unpaired) electrons. The summed E-state index contributed by atoms with van der Waals surface area (Å²) in [6.07, 6.45) is 0.994. The highest BCUT2D eigenvalue weighted by Crippen LogP contribution is 2.40. The van der Waals surface area contributed by atoms with E-state index < -0.39 is 9.84 Å². The molecule has 0 bridgehead atoms. The standard InChI is InChI=1S/C15H23NO2S/c1-4-12(9-16-11(2)3)14-10-19(17,18)15-8-6-5-7-13(14)15/h5-8,11-12,14,16H,4,9-10H2,1-3H3. The summed E-state index contributed by atoms with van der Waals surface area (Å²) in [6, 6.07) is 7.90. The van der Waals surface area contributed by atoms with Gasteiger partial charge in [-0.1, -0.05) is 45.4 Å². The first-order valence-corrected chi connectivity index (χ1v) is 8.66. The summed E-state index contributed by atoms with van der Waals surface area (Å²) in [7, 11) is -3.08. The van der Waals surface area contributed by atoms with Crippen LogP contribution in [0.5, 0.6) is 0 Å². The highest BCUT2D eigenvalue weighted by Gasteiger charge is 2.37. The van der Waals surface area contributed by atoms with Crippen molar-refractivity contribution in [3.05, 3.63) is 29.8 Å². The fourth-order valence-corrected chi connectivity index (χ4v) is 4.80. The molecule has 0 fully saturated rings. The molecule has 1 aliphatic rings. The third-order valence-corrected chi connectivity index (χ3v) is 5.77. The third kappa shape index (κ3) is 3.00. The molecule has 2 rings (SSSR count). The van der Waals surface area contributed by atoms with E-state index in [2.05, 4.69) is 26.1 Å². The van der Waals surface area contributed by atoms with E-state index in [1.165, 1.54) is 0 Å². The zero-order valence-electron chi connectivity index (χ0n) is 11.9. The summed E-state index contributed by atoms with van der Waals surface area (Å²) >= 11 is 0. The molecule has 0 spiro atoms. The Morgan fingerprint density at radius 2 is 2.00 bits per heavy atom. The van der Waals surface area contributed by atoms with Crippen LogP contribution < -0.4 is 5.32 Å². The van der Waals surface area contributed by atoms with E-state index in [4.69, 9.17) is 0 Å². The summed E-state index contributed by atoms with van der Waals surface area (Å²) in [6.45, 7) is 7.25. The van der Waals surface area contributed by atoms with E-state index >= 15 is 0 Å². The maximum atomic E-state index is 12.2. The van der Waals surface area contributed by atoms with Crippen LogP contribution in [0.2, 0.25) is 0 Å².